The van der Waals surface area contributed by atoms with Crippen molar-refractivity contribution in [2.24, 2.45) is 0 Å². The van der Waals surface area contributed by atoms with Crippen molar-refractivity contribution < 1.29 is 4.74 Å². The molecule has 33 heavy (non-hydrogen) atoms. The third kappa shape index (κ3) is 5.09. The molecular formula is C26H32ClN5O. The van der Waals surface area contributed by atoms with Gasteiger partial charge in [-0.2, -0.15) is 0 Å². The Bertz CT molecular complexity index is 1120. The number of pyridine rings is 1. The number of hydrogen-bond donors (Lipinski definition) is 1. The van der Waals surface area contributed by atoms with E-state index in [9.17, 15) is 0 Å². The molecule has 1 N–H and O–H groups in total. The molecule has 0 radical (unpaired) electrons. The molecular weight excluding hydrogens is 434 g/mol. The van der Waals surface area contributed by atoms with E-state index < -0.39 is 0 Å². The fourth-order valence-corrected chi connectivity index (χ4v) is 5.08. The highest BCUT2D eigenvalue weighted by molar-refractivity contribution is 6.31. The fourth-order valence-electron chi connectivity index (χ4n) is 4.91. The topological polar surface area (TPSA) is 43.9 Å². The molecule has 7 heteroatoms. The Balaban J connectivity index is 1.49. The van der Waals surface area contributed by atoms with Crippen LogP contribution in [-0.2, 0) is 11.3 Å². The SMILES string of the molecule is Cc1cc(Nc2ccnc3cc(Cl)ccc23)cc(CN2CCOCC2)c1N1CCN(C)CC1. The molecule has 0 saturated carbocycles. The van der Waals surface area contributed by atoms with E-state index in [-0.39, 0.29) is 0 Å². The number of anilines is 3. The predicted molar refractivity (Wildman–Crippen MR) is 137 cm³/mol. The van der Waals surface area contributed by atoms with Crippen LogP contribution in [0.4, 0.5) is 17.1 Å². The van der Waals surface area contributed by atoms with Gasteiger partial charge in [-0.3, -0.25) is 9.88 Å². The van der Waals surface area contributed by atoms with Gasteiger partial charge in [0.1, 0.15) is 0 Å². The fraction of sp³-hybridized carbons (Fsp3) is 0.423. The second kappa shape index (κ2) is 9.85. The third-order valence-corrected chi connectivity index (χ3v) is 6.92. The molecule has 174 valence electrons. The number of ether oxygens (including phenoxy) is 1. The molecule has 5 rings (SSSR count). The van der Waals surface area contributed by atoms with Gasteiger partial charge in [0.25, 0.3) is 0 Å². The first-order chi connectivity index (χ1) is 16.1. The van der Waals surface area contributed by atoms with Crippen LogP contribution in [0.15, 0.2) is 42.6 Å². The van der Waals surface area contributed by atoms with Crippen molar-refractivity contribution >= 4 is 39.6 Å². The maximum atomic E-state index is 6.18. The van der Waals surface area contributed by atoms with E-state index in [2.05, 4.69) is 51.1 Å². The molecule has 2 fully saturated rings. The molecule has 2 saturated heterocycles. The Kier molecular flexibility index (Phi) is 6.69. The van der Waals surface area contributed by atoms with Crippen LogP contribution in [0.25, 0.3) is 10.9 Å². The summed E-state index contributed by atoms with van der Waals surface area (Å²) in [5.74, 6) is 0. The van der Waals surface area contributed by atoms with Gasteiger partial charge in [-0.15, -0.1) is 0 Å². The van der Waals surface area contributed by atoms with Crippen LogP contribution in [0, 0.1) is 6.92 Å². The minimum absolute atomic E-state index is 0.701. The Morgan fingerprint density at radius 1 is 1.00 bits per heavy atom. The number of halogens is 1. The number of piperazine rings is 1. The summed E-state index contributed by atoms with van der Waals surface area (Å²) in [6.07, 6.45) is 1.83. The van der Waals surface area contributed by atoms with E-state index in [1.54, 1.807) is 0 Å². The lowest BCUT2D eigenvalue weighted by Crippen LogP contribution is -2.45. The van der Waals surface area contributed by atoms with Crippen LogP contribution in [0.3, 0.4) is 0 Å². The predicted octanol–water partition coefficient (Wildman–Crippen LogP) is 4.52. The second-order valence-corrected chi connectivity index (χ2v) is 9.56. The molecule has 0 spiro atoms. The summed E-state index contributed by atoms with van der Waals surface area (Å²) >= 11 is 6.18. The Labute approximate surface area is 201 Å². The van der Waals surface area contributed by atoms with Crippen molar-refractivity contribution in [2.45, 2.75) is 13.5 Å². The second-order valence-electron chi connectivity index (χ2n) is 9.12. The molecule has 6 nitrogen and oxygen atoms in total. The highest BCUT2D eigenvalue weighted by Crippen LogP contribution is 2.34. The minimum Gasteiger partial charge on any atom is -0.379 e. The van der Waals surface area contributed by atoms with Crippen LogP contribution < -0.4 is 10.2 Å². The van der Waals surface area contributed by atoms with Crippen LogP contribution >= 0.6 is 11.6 Å². The summed E-state index contributed by atoms with van der Waals surface area (Å²) in [7, 11) is 2.21. The van der Waals surface area contributed by atoms with E-state index in [1.165, 1.54) is 16.8 Å². The quantitative estimate of drug-likeness (QED) is 0.597. The number of hydrogen-bond acceptors (Lipinski definition) is 6. The van der Waals surface area contributed by atoms with Gasteiger partial charge in [-0.25, -0.2) is 0 Å². The van der Waals surface area contributed by atoms with E-state index >= 15 is 0 Å². The van der Waals surface area contributed by atoms with Crippen molar-refractivity contribution in [3.8, 4) is 0 Å². The summed E-state index contributed by atoms with van der Waals surface area (Å²) in [5.41, 5.74) is 7.13. The monoisotopic (exact) mass is 465 g/mol. The summed E-state index contributed by atoms with van der Waals surface area (Å²) in [5, 5.41) is 5.44. The molecule has 1 aromatic heterocycles. The molecule has 0 amide bonds. The average molecular weight is 466 g/mol. The highest BCUT2D eigenvalue weighted by Gasteiger charge is 2.22. The molecule has 0 aliphatic carbocycles. The van der Waals surface area contributed by atoms with Gasteiger partial charge in [0.2, 0.25) is 0 Å². The summed E-state index contributed by atoms with van der Waals surface area (Å²) in [6, 6.07) is 12.5. The molecule has 3 aromatic rings. The van der Waals surface area contributed by atoms with Crippen LogP contribution in [-0.4, -0.2) is 74.3 Å². The molecule has 0 unspecified atom stereocenters. The number of likely N-dealkylation sites (N-methyl/N-ethyl adjacent to an activating group) is 1. The minimum atomic E-state index is 0.701. The van der Waals surface area contributed by atoms with Crippen molar-refractivity contribution in [1.29, 1.82) is 0 Å². The zero-order valence-corrected chi connectivity index (χ0v) is 20.2. The normalized spacial score (nSPS) is 18.1. The third-order valence-electron chi connectivity index (χ3n) is 6.68. The zero-order chi connectivity index (χ0) is 22.8. The first kappa shape index (κ1) is 22.4. The molecule has 3 heterocycles. The smallest absolute Gasteiger partial charge is 0.0737 e. The average Bonchev–Trinajstić information content (AvgIpc) is 2.80. The Morgan fingerprint density at radius 3 is 2.58 bits per heavy atom. The molecule has 2 aliphatic heterocycles. The molecule has 0 atom stereocenters. The summed E-state index contributed by atoms with van der Waals surface area (Å²) < 4.78 is 5.59. The number of benzene rings is 2. The molecule has 2 aromatic carbocycles. The first-order valence-electron chi connectivity index (χ1n) is 11.8. The van der Waals surface area contributed by atoms with E-state index in [0.717, 1.165) is 81.3 Å². The van der Waals surface area contributed by atoms with Crippen LogP contribution in [0.1, 0.15) is 11.1 Å². The van der Waals surface area contributed by atoms with Crippen molar-refractivity contribution in [3.63, 3.8) is 0 Å². The zero-order valence-electron chi connectivity index (χ0n) is 19.5. The van der Waals surface area contributed by atoms with Gasteiger partial charge < -0.3 is 19.9 Å². The lowest BCUT2D eigenvalue weighted by Gasteiger charge is -2.37. The lowest BCUT2D eigenvalue weighted by atomic mass is 10.0. The van der Waals surface area contributed by atoms with Crippen molar-refractivity contribution in [2.75, 3.05) is 69.7 Å². The van der Waals surface area contributed by atoms with E-state index in [1.807, 2.05) is 30.5 Å². The van der Waals surface area contributed by atoms with Gasteiger partial charge in [0, 0.05) is 79.5 Å². The van der Waals surface area contributed by atoms with Gasteiger partial charge in [-0.05, 0) is 61.5 Å². The molecule has 0 bridgehead atoms. The van der Waals surface area contributed by atoms with Crippen molar-refractivity contribution in [3.05, 3.63) is 58.7 Å². The van der Waals surface area contributed by atoms with Crippen molar-refractivity contribution in [1.82, 2.24) is 14.8 Å². The van der Waals surface area contributed by atoms with E-state index in [0.29, 0.717) is 5.02 Å². The summed E-state index contributed by atoms with van der Waals surface area (Å²) in [4.78, 5) is 12.0. The summed E-state index contributed by atoms with van der Waals surface area (Å²) in [6.45, 7) is 11.1. The van der Waals surface area contributed by atoms with Gasteiger partial charge in [0.15, 0.2) is 0 Å². The Morgan fingerprint density at radius 2 is 1.79 bits per heavy atom. The van der Waals surface area contributed by atoms with E-state index in [4.69, 9.17) is 16.3 Å². The standard InChI is InChI=1S/C26H32ClN5O/c1-19-15-22(29-24-5-6-28-25-17-21(27)3-4-23(24)25)16-20(18-31-11-13-33-14-12-31)26(19)32-9-7-30(2)8-10-32/h3-6,15-17H,7-14,18H2,1-2H3,(H,28,29). The number of morpholine rings is 1. The highest BCUT2D eigenvalue weighted by atomic mass is 35.5. The number of nitrogens with one attached hydrogen (secondary N) is 1. The maximum Gasteiger partial charge on any atom is 0.0737 e. The van der Waals surface area contributed by atoms with Crippen LogP contribution in [0.5, 0.6) is 0 Å². The number of fused-ring (bicyclic) bond motifs is 1. The van der Waals surface area contributed by atoms with Gasteiger partial charge in [-0.1, -0.05) is 11.6 Å². The molecule has 2 aliphatic rings. The van der Waals surface area contributed by atoms with Crippen LogP contribution in [0.2, 0.25) is 5.02 Å². The van der Waals surface area contributed by atoms with Gasteiger partial charge in [0.05, 0.1) is 18.7 Å². The number of nitrogens with zero attached hydrogens (tertiary/aromatic N) is 4. The number of rotatable bonds is 5. The lowest BCUT2D eigenvalue weighted by molar-refractivity contribution is 0.0342. The number of aryl methyl sites for hydroxylation is 1. The largest absolute Gasteiger partial charge is 0.379 e. The number of aromatic nitrogens is 1. The van der Waals surface area contributed by atoms with Gasteiger partial charge >= 0.3 is 0 Å². The maximum absolute atomic E-state index is 6.18. The first-order valence-corrected chi connectivity index (χ1v) is 12.1. The Hall–Kier alpha value is -2.38.